The van der Waals surface area contributed by atoms with Crippen molar-refractivity contribution >= 4 is 50.6 Å². The Morgan fingerprint density at radius 1 is 1.32 bits per heavy atom. The first-order chi connectivity index (χ1) is 9.01. The zero-order valence-corrected chi connectivity index (χ0v) is 13.3. The predicted molar refractivity (Wildman–Crippen MR) is 80.8 cm³/mol. The summed E-state index contributed by atoms with van der Waals surface area (Å²) in [6.07, 6.45) is 1.58. The summed E-state index contributed by atoms with van der Waals surface area (Å²) in [4.78, 5) is 7.97. The van der Waals surface area contributed by atoms with Gasteiger partial charge in [0.1, 0.15) is 11.6 Å². The van der Waals surface area contributed by atoms with Crippen molar-refractivity contribution < 1.29 is 4.74 Å². The molecule has 0 saturated heterocycles. The Hall–Kier alpha value is -1.04. The Morgan fingerprint density at radius 3 is 2.74 bits per heavy atom. The molecule has 7 heteroatoms. The summed E-state index contributed by atoms with van der Waals surface area (Å²) in [5, 5.41) is 3.94. The minimum absolute atomic E-state index is 0.162. The molecule has 2 rings (SSSR count). The second kappa shape index (κ2) is 5.94. The summed E-state index contributed by atoms with van der Waals surface area (Å²) in [7, 11) is 1.58. The van der Waals surface area contributed by atoms with E-state index >= 15 is 0 Å². The van der Waals surface area contributed by atoms with Gasteiger partial charge in [0, 0.05) is 17.3 Å². The van der Waals surface area contributed by atoms with Crippen LogP contribution in [0.1, 0.15) is 5.56 Å². The summed E-state index contributed by atoms with van der Waals surface area (Å²) in [5.74, 6) is 1.18. The van der Waals surface area contributed by atoms with Crippen molar-refractivity contribution in [3.8, 4) is 5.75 Å². The van der Waals surface area contributed by atoms with Gasteiger partial charge in [-0.25, -0.2) is 4.98 Å². The van der Waals surface area contributed by atoms with Crippen molar-refractivity contribution in [2.75, 3.05) is 12.4 Å². The van der Waals surface area contributed by atoms with E-state index in [4.69, 9.17) is 27.9 Å². The summed E-state index contributed by atoms with van der Waals surface area (Å²) >= 11 is 15.2. The maximum atomic E-state index is 6.06. The van der Waals surface area contributed by atoms with E-state index < -0.39 is 0 Å². The van der Waals surface area contributed by atoms with Crippen LogP contribution in [0.2, 0.25) is 10.3 Å². The SMILES string of the molecule is COc1cc(Cl)c(C)cc1Nc1nc(Cl)ncc1Br. The molecule has 1 aromatic heterocycles. The number of aromatic nitrogens is 2. The molecule has 0 aliphatic heterocycles. The van der Waals surface area contributed by atoms with E-state index in [1.807, 2.05) is 13.0 Å². The number of ether oxygens (including phenoxy) is 1. The van der Waals surface area contributed by atoms with E-state index in [-0.39, 0.29) is 5.28 Å². The first kappa shape index (κ1) is 14.4. The van der Waals surface area contributed by atoms with E-state index in [1.54, 1.807) is 19.4 Å². The Labute approximate surface area is 129 Å². The number of rotatable bonds is 3. The van der Waals surface area contributed by atoms with Gasteiger partial charge < -0.3 is 10.1 Å². The largest absolute Gasteiger partial charge is 0.495 e. The van der Waals surface area contributed by atoms with Crippen LogP contribution in [0.3, 0.4) is 0 Å². The fraction of sp³-hybridized carbons (Fsp3) is 0.167. The van der Waals surface area contributed by atoms with Gasteiger partial charge in [-0.3, -0.25) is 0 Å². The summed E-state index contributed by atoms with van der Waals surface area (Å²) < 4.78 is 5.99. The van der Waals surface area contributed by atoms with Crippen LogP contribution < -0.4 is 10.1 Å². The fourth-order valence-corrected chi connectivity index (χ4v) is 2.07. The van der Waals surface area contributed by atoms with Crippen LogP contribution >= 0.6 is 39.1 Å². The lowest BCUT2D eigenvalue weighted by molar-refractivity contribution is 0.416. The van der Waals surface area contributed by atoms with Crippen LogP contribution in [0, 0.1) is 6.92 Å². The first-order valence-electron chi connectivity index (χ1n) is 5.30. The molecular weight excluding hydrogens is 353 g/mol. The number of methoxy groups -OCH3 is 1. The van der Waals surface area contributed by atoms with E-state index in [0.717, 1.165) is 11.3 Å². The number of benzene rings is 1. The maximum absolute atomic E-state index is 6.06. The van der Waals surface area contributed by atoms with Crippen molar-refractivity contribution in [3.63, 3.8) is 0 Å². The molecule has 0 unspecified atom stereocenters. The van der Waals surface area contributed by atoms with Gasteiger partial charge in [0.15, 0.2) is 0 Å². The Kier molecular flexibility index (Phi) is 4.50. The highest BCUT2D eigenvalue weighted by atomic mass is 79.9. The average Bonchev–Trinajstić information content (AvgIpc) is 2.38. The van der Waals surface area contributed by atoms with Crippen molar-refractivity contribution in [1.29, 1.82) is 0 Å². The zero-order chi connectivity index (χ0) is 14.0. The monoisotopic (exact) mass is 361 g/mol. The number of halogens is 3. The topological polar surface area (TPSA) is 47.0 Å². The van der Waals surface area contributed by atoms with E-state index in [0.29, 0.717) is 21.1 Å². The number of anilines is 2. The maximum Gasteiger partial charge on any atom is 0.224 e. The smallest absolute Gasteiger partial charge is 0.224 e. The lowest BCUT2D eigenvalue weighted by Crippen LogP contribution is -1.99. The molecule has 0 bridgehead atoms. The number of nitrogens with one attached hydrogen (secondary N) is 1. The van der Waals surface area contributed by atoms with E-state index in [2.05, 4.69) is 31.2 Å². The summed E-state index contributed by atoms with van der Waals surface area (Å²) in [6.45, 7) is 1.91. The normalized spacial score (nSPS) is 10.4. The molecule has 0 saturated carbocycles. The quantitative estimate of drug-likeness (QED) is 0.810. The lowest BCUT2D eigenvalue weighted by Gasteiger charge is -2.13. The number of aryl methyl sites for hydroxylation is 1. The highest BCUT2D eigenvalue weighted by Crippen LogP contribution is 2.34. The third-order valence-corrected chi connectivity index (χ3v) is 3.62. The van der Waals surface area contributed by atoms with Crippen LogP contribution in [0.15, 0.2) is 22.8 Å². The third-order valence-electron chi connectivity index (χ3n) is 2.45. The number of hydrogen-bond acceptors (Lipinski definition) is 4. The predicted octanol–water partition coefficient (Wildman–Crippen LogP) is 4.61. The lowest BCUT2D eigenvalue weighted by atomic mass is 10.2. The Morgan fingerprint density at radius 2 is 2.05 bits per heavy atom. The molecule has 19 heavy (non-hydrogen) atoms. The van der Waals surface area contributed by atoms with E-state index in [1.165, 1.54) is 0 Å². The molecule has 1 aromatic carbocycles. The van der Waals surface area contributed by atoms with Crippen LogP contribution in [0.4, 0.5) is 11.5 Å². The Bertz CT molecular complexity index is 622. The minimum Gasteiger partial charge on any atom is -0.495 e. The van der Waals surface area contributed by atoms with Gasteiger partial charge in [0.2, 0.25) is 5.28 Å². The molecule has 100 valence electrons. The molecule has 0 aliphatic carbocycles. The zero-order valence-electron chi connectivity index (χ0n) is 10.2. The van der Waals surface area contributed by atoms with Crippen molar-refractivity contribution in [3.05, 3.63) is 38.7 Å². The molecule has 0 aliphatic rings. The standard InChI is InChI=1S/C12H10BrCl2N3O/c1-6-3-9(10(19-2)4-8(6)14)17-11-7(13)5-16-12(15)18-11/h3-5H,1-2H3,(H,16,17,18). The van der Waals surface area contributed by atoms with Crippen LogP contribution in [-0.2, 0) is 0 Å². The van der Waals surface area contributed by atoms with E-state index in [9.17, 15) is 0 Å². The second-order valence-corrected chi connectivity index (χ2v) is 5.36. The van der Waals surface area contributed by atoms with Gasteiger partial charge in [-0.2, -0.15) is 4.98 Å². The fourth-order valence-electron chi connectivity index (χ4n) is 1.49. The number of hydrogen-bond donors (Lipinski definition) is 1. The molecule has 0 fully saturated rings. The summed E-state index contributed by atoms with van der Waals surface area (Å²) in [6, 6.07) is 3.62. The average molecular weight is 363 g/mol. The molecule has 4 nitrogen and oxygen atoms in total. The van der Waals surface area contributed by atoms with Gasteiger partial charge in [-0.15, -0.1) is 0 Å². The van der Waals surface area contributed by atoms with Crippen molar-refractivity contribution in [2.24, 2.45) is 0 Å². The summed E-state index contributed by atoms with van der Waals surface area (Å²) in [5.41, 5.74) is 1.68. The molecule has 1 heterocycles. The highest BCUT2D eigenvalue weighted by Gasteiger charge is 2.10. The van der Waals surface area contributed by atoms with Gasteiger partial charge in [-0.05, 0) is 46.1 Å². The van der Waals surface area contributed by atoms with Crippen LogP contribution in [0.5, 0.6) is 5.75 Å². The van der Waals surface area contributed by atoms with Crippen LogP contribution in [0.25, 0.3) is 0 Å². The van der Waals surface area contributed by atoms with Crippen molar-refractivity contribution in [2.45, 2.75) is 6.92 Å². The second-order valence-electron chi connectivity index (χ2n) is 3.76. The van der Waals surface area contributed by atoms with Crippen molar-refractivity contribution in [1.82, 2.24) is 9.97 Å². The minimum atomic E-state index is 0.162. The molecule has 0 amide bonds. The molecule has 0 atom stereocenters. The van der Waals surface area contributed by atoms with Gasteiger partial charge >= 0.3 is 0 Å². The molecule has 0 radical (unpaired) electrons. The van der Waals surface area contributed by atoms with Gasteiger partial charge in [0.25, 0.3) is 0 Å². The van der Waals surface area contributed by atoms with Crippen LogP contribution in [-0.4, -0.2) is 17.1 Å². The molecular formula is C12H10BrCl2N3O. The molecule has 1 N–H and O–H groups in total. The first-order valence-corrected chi connectivity index (χ1v) is 6.85. The Balaban J connectivity index is 2.42. The van der Waals surface area contributed by atoms with Gasteiger partial charge in [-0.1, -0.05) is 11.6 Å². The highest BCUT2D eigenvalue weighted by molar-refractivity contribution is 9.10. The third kappa shape index (κ3) is 3.29. The molecule has 0 spiro atoms. The number of nitrogens with zero attached hydrogens (tertiary/aromatic N) is 2. The molecule has 2 aromatic rings. The van der Waals surface area contributed by atoms with Gasteiger partial charge in [0.05, 0.1) is 17.3 Å².